The third-order valence-corrected chi connectivity index (χ3v) is 9.13. The zero-order chi connectivity index (χ0) is 34.8. The summed E-state index contributed by atoms with van der Waals surface area (Å²) in [6.07, 6.45) is 0.460. The van der Waals surface area contributed by atoms with E-state index in [0.29, 0.717) is 18.7 Å². The predicted octanol–water partition coefficient (Wildman–Crippen LogP) is 6.97. The van der Waals surface area contributed by atoms with Gasteiger partial charge in [-0.05, 0) is 67.0 Å². The van der Waals surface area contributed by atoms with E-state index in [4.69, 9.17) is 9.47 Å². The Morgan fingerprint density at radius 1 is 1.02 bits per heavy atom. The molecule has 0 saturated heterocycles. The summed E-state index contributed by atoms with van der Waals surface area (Å²) in [7, 11) is -4.24. The molecule has 0 unspecified atom stereocenters. The topological polar surface area (TPSA) is 124 Å². The molecule has 5 rings (SSSR count). The number of aromatic nitrogens is 3. The smallest absolute Gasteiger partial charge is 0.264 e. The first-order chi connectivity index (χ1) is 22.6. The van der Waals surface area contributed by atoms with E-state index >= 15 is 4.39 Å². The van der Waals surface area contributed by atoms with Crippen LogP contribution in [0.1, 0.15) is 68.2 Å². The molecule has 0 radical (unpaired) electrons. The van der Waals surface area contributed by atoms with Crippen LogP contribution in [-0.4, -0.2) is 53.4 Å². The van der Waals surface area contributed by atoms with Crippen molar-refractivity contribution in [2.75, 3.05) is 17.9 Å². The van der Waals surface area contributed by atoms with E-state index in [1.807, 2.05) is 66.7 Å². The van der Waals surface area contributed by atoms with Crippen LogP contribution in [0.15, 0.2) is 65.6 Å². The number of nitrogens with one attached hydrogen (secondary N) is 1. The third-order valence-electron chi connectivity index (χ3n) is 7.81. The third kappa shape index (κ3) is 8.28. The van der Waals surface area contributed by atoms with Gasteiger partial charge in [0, 0.05) is 23.3 Å². The van der Waals surface area contributed by atoms with Crippen molar-refractivity contribution in [1.82, 2.24) is 19.9 Å². The second-order valence-corrected chi connectivity index (χ2v) is 15.4. The Hall–Kier alpha value is -4.58. The zero-order valence-corrected chi connectivity index (χ0v) is 29.2. The number of fused-ring (bicyclic) bond motifs is 4. The van der Waals surface area contributed by atoms with Crippen LogP contribution < -0.4 is 14.2 Å². The number of ether oxygens (including phenoxy) is 2. The molecule has 1 aliphatic rings. The molecular weight excluding hydrogens is 633 g/mol. The summed E-state index contributed by atoms with van der Waals surface area (Å²) in [4.78, 5) is 29.1. The number of aryl methyl sites for hydroxylation is 2. The molecule has 0 fully saturated rings. The van der Waals surface area contributed by atoms with Crippen molar-refractivity contribution in [2.24, 2.45) is 11.3 Å². The minimum absolute atomic E-state index is 0.0138. The number of carbonyl (C=O) groups excluding carboxylic acids is 1. The lowest BCUT2D eigenvalue weighted by Gasteiger charge is -2.35. The summed E-state index contributed by atoms with van der Waals surface area (Å²) in [5.74, 6) is -0.690. The van der Waals surface area contributed by atoms with Crippen LogP contribution in [-0.2, 0) is 16.6 Å². The Labute approximate surface area is 281 Å². The van der Waals surface area contributed by atoms with Gasteiger partial charge >= 0.3 is 0 Å². The molecule has 3 heterocycles. The highest BCUT2D eigenvalue weighted by molar-refractivity contribution is 7.92. The van der Waals surface area contributed by atoms with Gasteiger partial charge in [0.1, 0.15) is 12.4 Å². The van der Waals surface area contributed by atoms with Crippen molar-refractivity contribution in [2.45, 2.75) is 72.4 Å². The highest BCUT2D eigenvalue weighted by Gasteiger charge is 2.32. The normalized spacial score (nSPS) is 16.3. The molecule has 0 spiro atoms. The SMILES string of the molecule is Cc1cccc(C)c1-c1cc2nc(n1)NS(=O)(=O)c1cccc(c1)C(=O)N(Cc1nc(OCC(C)C)ccc1F)[C@H](CC(C)(C)C)CO2. The number of halogens is 1. The molecule has 1 atom stereocenters. The van der Waals surface area contributed by atoms with E-state index in [0.717, 1.165) is 16.7 Å². The van der Waals surface area contributed by atoms with E-state index in [9.17, 15) is 13.2 Å². The van der Waals surface area contributed by atoms with Crippen LogP contribution in [0.4, 0.5) is 10.3 Å². The molecule has 4 aromatic rings. The molecule has 2 aromatic heterocycles. The molecule has 48 heavy (non-hydrogen) atoms. The molecule has 4 bridgehead atoms. The average Bonchev–Trinajstić information content (AvgIpc) is 3.00. The number of sulfonamides is 1. The summed E-state index contributed by atoms with van der Waals surface area (Å²) in [5, 5.41) is 0. The number of carbonyl (C=O) groups is 1. The van der Waals surface area contributed by atoms with Crippen LogP contribution in [0.25, 0.3) is 11.3 Å². The highest BCUT2D eigenvalue weighted by Crippen LogP contribution is 2.32. The fourth-order valence-corrected chi connectivity index (χ4v) is 6.60. The number of pyridine rings is 1. The summed E-state index contributed by atoms with van der Waals surface area (Å²) < 4.78 is 57.2. The van der Waals surface area contributed by atoms with Crippen LogP contribution in [0.2, 0.25) is 0 Å². The Morgan fingerprint density at radius 2 is 1.73 bits per heavy atom. The Bertz CT molecular complexity index is 1910. The van der Waals surface area contributed by atoms with Gasteiger partial charge in [0.25, 0.3) is 15.9 Å². The first kappa shape index (κ1) is 34.7. The number of rotatable bonds is 7. The van der Waals surface area contributed by atoms with Crippen LogP contribution >= 0.6 is 0 Å². The number of hydrogen-bond donors (Lipinski definition) is 1. The van der Waals surface area contributed by atoms with Gasteiger partial charge in [0.15, 0.2) is 0 Å². The second kappa shape index (κ2) is 13.9. The maximum absolute atomic E-state index is 15.4. The highest BCUT2D eigenvalue weighted by atomic mass is 32.2. The number of anilines is 1. The molecule has 10 nitrogen and oxygen atoms in total. The van der Waals surface area contributed by atoms with Crippen molar-refractivity contribution >= 4 is 21.9 Å². The van der Waals surface area contributed by atoms with Crippen LogP contribution in [0, 0.1) is 31.0 Å². The Kier molecular flexibility index (Phi) is 10.0. The van der Waals surface area contributed by atoms with E-state index < -0.39 is 27.8 Å². The van der Waals surface area contributed by atoms with E-state index in [-0.39, 0.29) is 58.3 Å². The molecule has 1 aliphatic heterocycles. The first-order valence-corrected chi connectivity index (χ1v) is 17.4. The van der Waals surface area contributed by atoms with Gasteiger partial charge in [-0.25, -0.2) is 27.5 Å². The molecule has 0 aliphatic carbocycles. The van der Waals surface area contributed by atoms with E-state index in [1.54, 1.807) is 6.07 Å². The van der Waals surface area contributed by atoms with Crippen molar-refractivity contribution in [3.8, 4) is 23.0 Å². The Balaban J connectivity index is 1.66. The lowest BCUT2D eigenvalue weighted by atomic mass is 9.87. The lowest BCUT2D eigenvalue weighted by molar-refractivity contribution is 0.0505. The van der Waals surface area contributed by atoms with Crippen LogP contribution in [0.3, 0.4) is 0 Å². The largest absolute Gasteiger partial charge is 0.477 e. The quantitative estimate of drug-likeness (QED) is 0.223. The van der Waals surface area contributed by atoms with Crippen LogP contribution in [0.5, 0.6) is 11.8 Å². The molecule has 12 heteroatoms. The zero-order valence-electron chi connectivity index (χ0n) is 28.4. The minimum atomic E-state index is -4.24. The van der Waals surface area contributed by atoms with Gasteiger partial charge in [-0.15, -0.1) is 0 Å². The first-order valence-electron chi connectivity index (χ1n) is 15.9. The number of nitrogens with zero attached hydrogens (tertiary/aromatic N) is 4. The molecular formula is C36H42FN5O5S. The summed E-state index contributed by atoms with van der Waals surface area (Å²) in [5.41, 5.74) is 3.00. The van der Waals surface area contributed by atoms with Crippen molar-refractivity contribution < 1.29 is 27.1 Å². The van der Waals surface area contributed by atoms with Crippen molar-refractivity contribution in [3.05, 3.63) is 88.9 Å². The van der Waals surface area contributed by atoms with Gasteiger partial charge in [-0.3, -0.25) is 4.79 Å². The van der Waals surface area contributed by atoms with E-state index in [2.05, 4.69) is 19.7 Å². The maximum Gasteiger partial charge on any atom is 0.264 e. The fourth-order valence-electron chi connectivity index (χ4n) is 5.62. The fraction of sp³-hybridized carbons (Fsp3) is 0.389. The van der Waals surface area contributed by atoms with Gasteiger partial charge in [-0.2, -0.15) is 4.98 Å². The molecule has 0 saturated carbocycles. The lowest BCUT2D eigenvalue weighted by Crippen LogP contribution is -2.45. The van der Waals surface area contributed by atoms with Gasteiger partial charge in [0.05, 0.1) is 35.5 Å². The standard InChI is InChI=1S/C36H42FN5O5S/c1-22(2)20-46-31-15-14-28(37)30(38-31)19-42-26(18-36(5,6)7)21-47-32-17-29(33-23(3)10-8-11-24(33)4)39-35(40-32)41-48(44,45)27-13-9-12-25(16-27)34(42)43/h8-17,22,26H,18-21H2,1-7H3,(H,39,40,41)/t26-/m1/s1. The van der Waals surface area contributed by atoms with Crippen molar-refractivity contribution in [3.63, 3.8) is 0 Å². The molecule has 1 N–H and O–H groups in total. The van der Waals surface area contributed by atoms with Gasteiger partial charge in [0.2, 0.25) is 17.7 Å². The number of amides is 1. The van der Waals surface area contributed by atoms with E-state index in [1.165, 1.54) is 41.3 Å². The second-order valence-electron chi connectivity index (χ2n) is 13.8. The monoisotopic (exact) mass is 675 g/mol. The summed E-state index contributed by atoms with van der Waals surface area (Å²) in [6, 6.07) is 15.3. The predicted molar refractivity (Wildman–Crippen MR) is 182 cm³/mol. The molecule has 2 aromatic carbocycles. The maximum atomic E-state index is 15.4. The van der Waals surface area contributed by atoms with Gasteiger partial charge < -0.3 is 14.4 Å². The van der Waals surface area contributed by atoms with Crippen molar-refractivity contribution in [1.29, 1.82) is 0 Å². The number of benzene rings is 2. The molecule has 254 valence electrons. The van der Waals surface area contributed by atoms with Gasteiger partial charge in [-0.1, -0.05) is 58.9 Å². The number of hydrogen-bond acceptors (Lipinski definition) is 8. The summed E-state index contributed by atoms with van der Waals surface area (Å²) in [6.45, 7) is 14.1. The average molecular weight is 676 g/mol. The summed E-state index contributed by atoms with van der Waals surface area (Å²) >= 11 is 0. The molecule has 1 amide bonds. The minimum Gasteiger partial charge on any atom is -0.477 e. The Morgan fingerprint density at radius 3 is 2.42 bits per heavy atom.